The molecule has 0 aliphatic carbocycles. The summed E-state index contributed by atoms with van der Waals surface area (Å²) in [6.07, 6.45) is 2.10. The van der Waals surface area contributed by atoms with Gasteiger partial charge in [-0.3, -0.25) is 0 Å². The van der Waals surface area contributed by atoms with E-state index in [1.807, 2.05) is 6.07 Å². The Morgan fingerprint density at radius 2 is 1.71 bits per heavy atom. The SMILES string of the molecule is C=CC(=O)OCCC[N+](CC)(CC)Cc1ccccc1.O=S(=O)([O-])C(F)(F)F. The van der Waals surface area contributed by atoms with Crippen LogP contribution in [0.5, 0.6) is 0 Å². The highest BCUT2D eigenvalue weighted by atomic mass is 32.2. The topological polar surface area (TPSA) is 83.5 Å². The predicted octanol–water partition coefficient (Wildman–Crippen LogP) is 3.21. The molecule has 160 valence electrons. The quantitative estimate of drug-likeness (QED) is 0.152. The maximum absolute atomic E-state index is 11.0. The molecule has 0 saturated heterocycles. The molecule has 0 spiro atoms. The van der Waals surface area contributed by atoms with Gasteiger partial charge in [0.1, 0.15) is 6.54 Å². The summed E-state index contributed by atoms with van der Waals surface area (Å²) in [5.74, 6) is -0.334. The van der Waals surface area contributed by atoms with Crippen molar-refractivity contribution < 1.29 is 40.2 Å². The van der Waals surface area contributed by atoms with Gasteiger partial charge in [-0.2, -0.15) is 13.2 Å². The number of alkyl halides is 3. The van der Waals surface area contributed by atoms with E-state index in [1.54, 1.807) is 0 Å². The molecule has 1 aromatic carbocycles. The van der Waals surface area contributed by atoms with Crippen molar-refractivity contribution in [2.45, 2.75) is 32.3 Å². The van der Waals surface area contributed by atoms with Crippen molar-refractivity contribution >= 4 is 16.1 Å². The second kappa shape index (κ2) is 11.8. The van der Waals surface area contributed by atoms with Gasteiger partial charge in [0, 0.05) is 18.1 Å². The molecule has 0 unspecified atom stereocenters. The minimum Gasteiger partial charge on any atom is -0.741 e. The Bertz CT molecular complexity index is 702. The first-order valence-electron chi connectivity index (χ1n) is 8.61. The van der Waals surface area contributed by atoms with E-state index in [0.717, 1.165) is 37.1 Å². The molecule has 0 atom stereocenters. The van der Waals surface area contributed by atoms with E-state index < -0.39 is 15.6 Å². The van der Waals surface area contributed by atoms with E-state index in [0.29, 0.717) is 6.61 Å². The zero-order valence-electron chi connectivity index (χ0n) is 15.9. The molecule has 28 heavy (non-hydrogen) atoms. The third-order valence-electron chi connectivity index (χ3n) is 4.17. The van der Waals surface area contributed by atoms with Crippen LogP contribution < -0.4 is 0 Å². The molecule has 0 saturated carbocycles. The number of carbonyl (C=O) groups is 1. The van der Waals surface area contributed by atoms with Crippen molar-refractivity contribution in [1.82, 2.24) is 0 Å². The van der Waals surface area contributed by atoms with Gasteiger partial charge in [0.05, 0.1) is 26.2 Å². The summed E-state index contributed by atoms with van der Waals surface area (Å²) in [5, 5.41) is 0. The first-order valence-corrected chi connectivity index (χ1v) is 10.0. The molecular formula is C18H26F3NO5S. The van der Waals surface area contributed by atoms with Crippen LogP contribution in [0.3, 0.4) is 0 Å². The summed E-state index contributed by atoms with van der Waals surface area (Å²) in [4.78, 5) is 11.0. The summed E-state index contributed by atoms with van der Waals surface area (Å²) in [6, 6.07) is 10.6. The Morgan fingerprint density at radius 3 is 2.11 bits per heavy atom. The minimum atomic E-state index is -6.09. The monoisotopic (exact) mass is 425 g/mol. The minimum absolute atomic E-state index is 0.334. The maximum atomic E-state index is 11.0. The first kappa shape index (κ1) is 26.1. The highest BCUT2D eigenvalue weighted by Crippen LogP contribution is 2.20. The van der Waals surface area contributed by atoms with Gasteiger partial charge in [-0.15, -0.1) is 0 Å². The van der Waals surface area contributed by atoms with Gasteiger partial charge in [-0.25, -0.2) is 13.2 Å². The molecule has 0 fully saturated rings. The Kier molecular flexibility index (Phi) is 11.0. The lowest BCUT2D eigenvalue weighted by Gasteiger charge is -2.37. The van der Waals surface area contributed by atoms with Crippen LogP contribution in [-0.4, -0.2) is 55.2 Å². The lowest BCUT2D eigenvalue weighted by atomic mass is 10.1. The Morgan fingerprint density at radius 1 is 1.21 bits per heavy atom. The third-order valence-corrected chi connectivity index (χ3v) is 4.74. The van der Waals surface area contributed by atoms with Crippen molar-refractivity contribution in [3.05, 3.63) is 48.6 Å². The van der Waals surface area contributed by atoms with E-state index in [-0.39, 0.29) is 5.97 Å². The number of hydrogen-bond donors (Lipinski definition) is 0. The standard InChI is InChI=1S/C17H26NO2.CHF3O3S/c1-4-17(19)20-14-10-13-18(5-2,6-3)15-16-11-8-7-9-12-16;2-1(3,4)8(5,6)7/h4,7-9,11-12H,1,5-6,10,13-15H2,2-3H3;(H,5,6,7)/q+1;/p-1. The summed E-state index contributed by atoms with van der Waals surface area (Å²) in [6.45, 7) is 12.5. The Labute approximate surface area is 163 Å². The lowest BCUT2D eigenvalue weighted by Crippen LogP contribution is -2.47. The van der Waals surface area contributed by atoms with Crippen LogP contribution in [0, 0.1) is 0 Å². The molecule has 0 radical (unpaired) electrons. The van der Waals surface area contributed by atoms with E-state index in [1.165, 1.54) is 11.6 Å². The largest absolute Gasteiger partial charge is 0.741 e. The van der Waals surface area contributed by atoms with Crippen molar-refractivity contribution in [2.24, 2.45) is 0 Å². The first-order chi connectivity index (χ1) is 12.9. The highest BCUT2D eigenvalue weighted by molar-refractivity contribution is 7.86. The average Bonchev–Trinajstić information content (AvgIpc) is 2.63. The fraction of sp³-hybridized carbons (Fsp3) is 0.500. The van der Waals surface area contributed by atoms with Gasteiger partial charge in [0.25, 0.3) is 0 Å². The number of esters is 1. The van der Waals surface area contributed by atoms with E-state index in [9.17, 15) is 18.0 Å². The fourth-order valence-electron chi connectivity index (χ4n) is 2.44. The van der Waals surface area contributed by atoms with E-state index in [4.69, 9.17) is 17.7 Å². The van der Waals surface area contributed by atoms with Gasteiger partial charge in [0.2, 0.25) is 0 Å². The van der Waals surface area contributed by atoms with Gasteiger partial charge in [0.15, 0.2) is 10.1 Å². The lowest BCUT2D eigenvalue weighted by molar-refractivity contribution is -0.938. The number of carbonyl (C=O) groups excluding carboxylic acids is 1. The zero-order valence-corrected chi connectivity index (χ0v) is 16.8. The predicted molar refractivity (Wildman–Crippen MR) is 97.9 cm³/mol. The molecule has 10 heteroatoms. The van der Waals surface area contributed by atoms with Crippen LogP contribution >= 0.6 is 0 Å². The number of nitrogens with zero attached hydrogens (tertiary/aromatic N) is 1. The molecule has 0 aliphatic heterocycles. The smallest absolute Gasteiger partial charge is 0.485 e. The third kappa shape index (κ3) is 9.86. The molecular weight excluding hydrogens is 399 g/mol. The number of hydrogen-bond acceptors (Lipinski definition) is 5. The fourth-order valence-corrected chi connectivity index (χ4v) is 2.44. The van der Waals surface area contributed by atoms with Gasteiger partial charge in [-0.05, 0) is 13.8 Å². The number of quaternary nitrogens is 1. The Balaban J connectivity index is 0.000000769. The molecule has 0 heterocycles. The zero-order chi connectivity index (χ0) is 21.8. The molecule has 1 rings (SSSR count). The highest BCUT2D eigenvalue weighted by Gasteiger charge is 2.36. The van der Waals surface area contributed by atoms with Gasteiger partial charge in [-0.1, -0.05) is 36.9 Å². The molecule has 0 amide bonds. The Hall–Kier alpha value is -1.91. The number of benzene rings is 1. The van der Waals surface area contributed by atoms with Crippen LogP contribution in [0.25, 0.3) is 0 Å². The maximum Gasteiger partial charge on any atom is 0.485 e. The number of rotatable bonds is 9. The van der Waals surface area contributed by atoms with Crippen LogP contribution in [0.4, 0.5) is 13.2 Å². The van der Waals surface area contributed by atoms with Crippen LogP contribution in [0.15, 0.2) is 43.0 Å². The molecule has 0 aromatic heterocycles. The van der Waals surface area contributed by atoms with Crippen LogP contribution in [0.1, 0.15) is 25.8 Å². The molecule has 0 bridgehead atoms. The second-order valence-electron chi connectivity index (χ2n) is 5.97. The van der Waals surface area contributed by atoms with Crippen molar-refractivity contribution in [3.63, 3.8) is 0 Å². The average molecular weight is 425 g/mol. The molecule has 0 aliphatic rings. The summed E-state index contributed by atoms with van der Waals surface area (Å²) in [5.41, 5.74) is -4.29. The number of halogens is 3. The van der Waals surface area contributed by atoms with Crippen molar-refractivity contribution in [3.8, 4) is 0 Å². The van der Waals surface area contributed by atoms with E-state index in [2.05, 4.69) is 44.7 Å². The molecule has 0 N–H and O–H groups in total. The molecule has 6 nitrogen and oxygen atoms in total. The summed E-state index contributed by atoms with van der Waals surface area (Å²) in [7, 11) is -6.09. The number of ether oxygens (including phenoxy) is 1. The van der Waals surface area contributed by atoms with Crippen molar-refractivity contribution in [1.29, 1.82) is 0 Å². The summed E-state index contributed by atoms with van der Waals surface area (Å²) < 4.78 is 65.0. The van der Waals surface area contributed by atoms with Crippen LogP contribution in [-0.2, 0) is 26.2 Å². The summed E-state index contributed by atoms with van der Waals surface area (Å²) >= 11 is 0. The van der Waals surface area contributed by atoms with Gasteiger partial charge >= 0.3 is 11.5 Å². The normalized spacial score (nSPS) is 11.9. The van der Waals surface area contributed by atoms with Gasteiger partial charge < -0.3 is 13.8 Å². The second-order valence-corrected chi connectivity index (χ2v) is 7.34. The van der Waals surface area contributed by atoms with E-state index >= 15 is 0 Å². The van der Waals surface area contributed by atoms with Crippen LogP contribution in [0.2, 0.25) is 0 Å². The molecule has 1 aromatic rings. The van der Waals surface area contributed by atoms with Crippen molar-refractivity contribution in [2.75, 3.05) is 26.2 Å².